The molecule has 1 nitrogen and oxygen atoms in total. The van der Waals surface area contributed by atoms with Crippen LogP contribution >= 0.6 is 15.9 Å². The predicted octanol–water partition coefficient (Wildman–Crippen LogP) is 4.39. The first-order valence-corrected chi connectivity index (χ1v) is 5.89. The van der Waals surface area contributed by atoms with Crippen molar-refractivity contribution in [3.8, 4) is 0 Å². The standard InChI is InChI=1S/C12H11BrF4O/c1-11(2,6-10(18)12(15,16)17)8-5-7(13)3-4-9(8)14/h3-5H,6H2,1-2H3. The van der Waals surface area contributed by atoms with Gasteiger partial charge >= 0.3 is 6.18 Å². The normalized spacial score (nSPS) is 12.6. The van der Waals surface area contributed by atoms with Crippen LogP contribution in [0.25, 0.3) is 0 Å². The quantitative estimate of drug-likeness (QED) is 0.753. The molecular formula is C12H11BrF4O. The minimum Gasteiger partial charge on any atom is -0.290 e. The van der Waals surface area contributed by atoms with Crippen molar-refractivity contribution in [2.24, 2.45) is 0 Å². The number of rotatable bonds is 3. The maximum Gasteiger partial charge on any atom is 0.450 e. The van der Waals surface area contributed by atoms with Crippen molar-refractivity contribution in [3.05, 3.63) is 34.1 Å². The summed E-state index contributed by atoms with van der Waals surface area (Å²) in [6, 6.07) is 3.98. The molecule has 0 radical (unpaired) electrons. The van der Waals surface area contributed by atoms with Gasteiger partial charge in [-0.15, -0.1) is 0 Å². The van der Waals surface area contributed by atoms with Crippen LogP contribution in [-0.4, -0.2) is 12.0 Å². The van der Waals surface area contributed by atoms with Crippen LogP contribution in [0.5, 0.6) is 0 Å². The third-order valence-electron chi connectivity index (χ3n) is 2.58. The summed E-state index contributed by atoms with van der Waals surface area (Å²) in [5, 5.41) is 0. The fourth-order valence-electron chi connectivity index (χ4n) is 1.61. The zero-order valence-corrected chi connectivity index (χ0v) is 11.3. The lowest BCUT2D eigenvalue weighted by Gasteiger charge is -2.25. The van der Waals surface area contributed by atoms with E-state index in [9.17, 15) is 22.4 Å². The van der Waals surface area contributed by atoms with Gasteiger partial charge in [0.2, 0.25) is 5.78 Å². The van der Waals surface area contributed by atoms with Crippen LogP contribution < -0.4 is 0 Å². The molecule has 0 saturated carbocycles. The van der Waals surface area contributed by atoms with Crippen LogP contribution in [0.3, 0.4) is 0 Å². The second kappa shape index (κ2) is 4.99. The molecule has 0 spiro atoms. The minimum absolute atomic E-state index is 0.0782. The van der Waals surface area contributed by atoms with Gasteiger partial charge in [0.05, 0.1) is 0 Å². The Hall–Kier alpha value is -0.910. The number of benzene rings is 1. The van der Waals surface area contributed by atoms with Crippen molar-refractivity contribution in [1.29, 1.82) is 0 Å². The molecule has 0 fully saturated rings. The van der Waals surface area contributed by atoms with E-state index in [0.29, 0.717) is 4.47 Å². The van der Waals surface area contributed by atoms with Gasteiger partial charge in [0, 0.05) is 10.9 Å². The van der Waals surface area contributed by atoms with E-state index in [0.717, 1.165) is 6.07 Å². The first-order chi connectivity index (χ1) is 8.04. The molecule has 6 heteroatoms. The monoisotopic (exact) mass is 326 g/mol. The molecule has 0 aromatic heterocycles. The molecule has 0 N–H and O–H groups in total. The molecule has 0 saturated heterocycles. The summed E-state index contributed by atoms with van der Waals surface area (Å²) in [6.07, 6.45) is -5.68. The summed E-state index contributed by atoms with van der Waals surface area (Å²) in [6.45, 7) is 2.81. The molecule has 0 heterocycles. The smallest absolute Gasteiger partial charge is 0.290 e. The van der Waals surface area contributed by atoms with Crippen molar-refractivity contribution in [2.45, 2.75) is 31.9 Å². The van der Waals surface area contributed by atoms with E-state index in [1.54, 1.807) is 0 Å². The number of Topliss-reactive ketones (excluding diaryl/α,β-unsaturated/α-hetero) is 1. The highest BCUT2D eigenvalue weighted by Crippen LogP contribution is 2.34. The Labute approximate surface area is 110 Å². The van der Waals surface area contributed by atoms with Crippen LogP contribution in [0, 0.1) is 5.82 Å². The lowest BCUT2D eigenvalue weighted by molar-refractivity contribution is -0.172. The summed E-state index contributed by atoms with van der Waals surface area (Å²) in [5.41, 5.74) is -1.14. The highest BCUT2D eigenvalue weighted by atomic mass is 79.9. The maximum absolute atomic E-state index is 13.6. The maximum atomic E-state index is 13.6. The zero-order valence-electron chi connectivity index (χ0n) is 9.74. The predicted molar refractivity (Wildman–Crippen MR) is 62.8 cm³/mol. The van der Waals surface area contributed by atoms with Gasteiger partial charge in [-0.05, 0) is 29.2 Å². The Bertz CT molecular complexity index is 466. The van der Waals surface area contributed by atoms with Gasteiger partial charge in [-0.25, -0.2) is 4.39 Å². The molecule has 0 bridgehead atoms. The molecule has 0 unspecified atom stereocenters. The van der Waals surface area contributed by atoms with Crippen LogP contribution in [0.2, 0.25) is 0 Å². The van der Waals surface area contributed by atoms with Gasteiger partial charge in [-0.1, -0.05) is 29.8 Å². The van der Waals surface area contributed by atoms with E-state index in [1.165, 1.54) is 26.0 Å². The Kier molecular flexibility index (Phi) is 4.20. The summed E-state index contributed by atoms with van der Waals surface area (Å²) in [4.78, 5) is 11.0. The van der Waals surface area contributed by atoms with Gasteiger partial charge in [0.15, 0.2) is 0 Å². The van der Waals surface area contributed by atoms with E-state index in [2.05, 4.69) is 15.9 Å². The van der Waals surface area contributed by atoms with Crippen molar-refractivity contribution >= 4 is 21.7 Å². The molecular weight excluding hydrogens is 316 g/mol. The van der Waals surface area contributed by atoms with Crippen molar-refractivity contribution < 1.29 is 22.4 Å². The highest BCUT2D eigenvalue weighted by molar-refractivity contribution is 9.10. The molecule has 0 atom stereocenters. The second-order valence-corrected chi connectivity index (χ2v) is 5.52. The number of hydrogen-bond acceptors (Lipinski definition) is 1. The lowest BCUT2D eigenvalue weighted by atomic mass is 9.80. The molecule has 0 aliphatic heterocycles. The summed E-state index contributed by atoms with van der Waals surface area (Å²) in [5.74, 6) is -2.48. The van der Waals surface area contributed by atoms with E-state index < -0.39 is 29.6 Å². The Morgan fingerprint density at radius 3 is 2.33 bits per heavy atom. The van der Waals surface area contributed by atoms with Crippen molar-refractivity contribution in [3.63, 3.8) is 0 Å². The number of hydrogen-bond donors (Lipinski definition) is 0. The van der Waals surface area contributed by atoms with Crippen LogP contribution in [0.1, 0.15) is 25.8 Å². The van der Waals surface area contributed by atoms with Crippen LogP contribution in [-0.2, 0) is 10.2 Å². The molecule has 0 aliphatic carbocycles. The highest BCUT2D eigenvalue weighted by Gasteiger charge is 2.42. The summed E-state index contributed by atoms with van der Waals surface area (Å²) >= 11 is 3.12. The van der Waals surface area contributed by atoms with E-state index >= 15 is 0 Å². The Morgan fingerprint density at radius 2 is 1.83 bits per heavy atom. The van der Waals surface area contributed by atoms with Gasteiger partial charge in [-0.3, -0.25) is 4.79 Å². The fraction of sp³-hybridized carbons (Fsp3) is 0.417. The van der Waals surface area contributed by atoms with E-state index in [-0.39, 0.29) is 5.56 Å². The molecule has 18 heavy (non-hydrogen) atoms. The molecule has 1 aromatic rings. The Morgan fingerprint density at radius 1 is 1.28 bits per heavy atom. The first-order valence-electron chi connectivity index (χ1n) is 5.09. The first kappa shape index (κ1) is 15.1. The number of alkyl halides is 3. The van der Waals surface area contributed by atoms with Crippen LogP contribution in [0.15, 0.2) is 22.7 Å². The summed E-state index contributed by atoms with van der Waals surface area (Å²) < 4.78 is 50.8. The van der Waals surface area contributed by atoms with Gasteiger partial charge in [0.25, 0.3) is 0 Å². The van der Waals surface area contributed by atoms with Crippen molar-refractivity contribution in [2.75, 3.05) is 0 Å². The average Bonchev–Trinajstić information content (AvgIpc) is 2.19. The molecule has 1 rings (SSSR count). The Balaban J connectivity index is 3.06. The average molecular weight is 327 g/mol. The lowest BCUT2D eigenvalue weighted by Crippen LogP contribution is -2.31. The van der Waals surface area contributed by atoms with Gasteiger partial charge in [-0.2, -0.15) is 13.2 Å². The van der Waals surface area contributed by atoms with Crippen molar-refractivity contribution in [1.82, 2.24) is 0 Å². The number of halogens is 5. The number of carbonyl (C=O) groups is 1. The number of ketones is 1. The minimum atomic E-state index is -4.89. The molecule has 100 valence electrons. The zero-order chi connectivity index (χ0) is 14.1. The topological polar surface area (TPSA) is 17.1 Å². The van der Waals surface area contributed by atoms with E-state index in [4.69, 9.17) is 0 Å². The second-order valence-electron chi connectivity index (χ2n) is 4.61. The van der Waals surface area contributed by atoms with E-state index in [1.807, 2.05) is 0 Å². The largest absolute Gasteiger partial charge is 0.450 e. The van der Waals surface area contributed by atoms with Gasteiger partial charge < -0.3 is 0 Å². The molecule has 0 amide bonds. The SMILES string of the molecule is CC(C)(CC(=O)C(F)(F)F)c1cc(Br)ccc1F. The molecule has 0 aliphatic rings. The number of carbonyl (C=O) groups excluding carboxylic acids is 1. The third-order valence-corrected chi connectivity index (χ3v) is 3.07. The molecule has 1 aromatic carbocycles. The fourth-order valence-corrected chi connectivity index (χ4v) is 1.97. The van der Waals surface area contributed by atoms with Gasteiger partial charge in [0.1, 0.15) is 5.82 Å². The third kappa shape index (κ3) is 3.54. The van der Waals surface area contributed by atoms with Crippen LogP contribution in [0.4, 0.5) is 17.6 Å². The summed E-state index contributed by atoms with van der Waals surface area (Å²) in [7, 11) is 0.